The number of aryl methyl sites for hydroxylation is 1. The van der Waals surface area contributed by atoms with Gasteiger partial charge in [-0.2, -0.15) is 0 Å². The predicted octanol–water partition coefficient (Wildman–Crippen LogP) is 3.65. The molecule has 23 heavy (non-hydrogen) atoms. The second-order valence-electron chi connectivity index (χ2n) is 5.94. The number of benzene rings is 1. The highest BCUT2D eigenvalue weighted by atomic mass is 32.1. The summed E-state index contributed by atoms with van der Waals surface area (Å²) in [5.74, 6) is 0.259. The first-order valence-electron chi connectivity index (χ1n) is 7.66. The molecule has 2 aromatic rings. The van der Waals surface area contributed by atoms with Gasteiger partial charge in [-0.05, 0) is 12.8 Å². The second kappa shape index (κ2) is 7.97. The van der Waals surface area contributed by atoms with Crippen molar-refractivity contribution in [1.82, 2.24) is 10.2 Å². The Labute approximate surface area is 140 Å². The highest BCUT2D eigenvalue weighted by Crippen LogP contribution is 2.18. The van der Waals surface area contributed by atoms with Gasteiger partial charge in [0.2, 0.25) is 11.0 Å². The molecule has 0 aliphatic rings. The number of nitrogens with one attached hydrogen (secondary N) is 1. The molecule has 122 valence electrons. The van der Waals surface area contributed by atoms with Crippen molar-refractivity contribution >= 4 is 28.2 Å². The fourth-order valence-electron chi connectivity index (χ4n) is 2.03. The van der Waals surface area contributed by atoms with Crippen molar-refractivity contribution in [3.8, 4) is 0 Å². The molecule has 1 N–H and O–H groups in total. The second-order valence-corrected chi connectivity index (χ2v) is 7.00. The third-order valence-electron chi connectivity index (χ3n) is 3.25. The molecule has 0 radical (unpaired) electrons. The van der Waals surface area contributed by atoms with Gasteiger partial charge < -0.3 is 5.32 Å². The van der Waals surface area contributed by atoms with Crippen LogP contribution < -0.4 is 5.32 Å². The molecule has 5 nitrogen and oxygen atoms in total. The quantitative estimate of drug-likeness (QED) is 0.786. The first-order valence-corrected chi connectivity index (χ1v) is 8.48. The van der Waals surface area contributed by atoms with Gasteiger partial charge in [0, 0.05) is 24.8 Å². The molecule has 0 saturated heterocycles. The predicted molar refractivity (Wildman–Crippen MR) is 91.8 cm³/mol. The maximum atomic E-state index is 12.0. The maximum Gasteiger partial charge on any atom is 0.226 e. The molecule has 0 unspecified atom stereocenters. The Morgan fingerprint density at radius 2 is 1.83 bits per heavy atom. The molecule has 0 spiro atoms. The van der Waals surface area contributed by atoms with E-state index >= 15 is 0 Å². The molecule has 0 fully saturated rings. The van der Waals surface area contributed by atoms with Crippen LogP contribution in [0.15, 0.2) is 24.3 Å². The Balaban J connectivity index is 1.81. The summed E-state index contributed by atoms with van der Waals surface area (Å²) in [6, 6.07) is 7.37. The van der Waals surface area contributed by atoms with Crippen LogP contribution in [0.3, 0.4) is 0 Å². The van der Waals surface area contributed by atoms with E-state index in [0.717, 1.165) is 17.0 Å². The summed E-state index contributed by atoms with van der Waals surface area (Å²) in [4.78, 5) is 23.9. The Bertz CT molecular complexity index is 677. The number of carbonyl (C=O) groups excluding carboxylic acids is 2. The van der Waals surface area contributed by atoms with E-state index in [4.69, 9.17) is 0 Å². The van der Waals surface area contributed by atoms with Crippen molar-refractivity contribution in [2.75, 3.05) is 5.32 Å². The first kappa shape index (κ1) is 17.3. The van der Waals surface area contributed by atoms with Crippen molar-refractivity contribution in [3.05, 3.63) is 40.4 Å². The molecule has 0 bridgehead atoms. The zero-order valence-corrected chi connectivity index (χ0v) is 14.4. The average Bonchev–Trinajstić information content (AvgIpc) is 2.91. The third kappa shape index (κ3) is 5.56. The topological polar surface area (TPSA) is 72.0 Å². The number of Topliss-reactive ketones (excluding diaryl/α,β-unsaturated/α-hetero) is 1. The number of hydrogen-bond acceptors (Lipinski definition) is 5. The van der Waals surface area contributed by atoms with Crippen LogP contribution in [-0.4, -0.2) is 21.9 Å². The Kier molecular flexibility index (Phi) is 5.98. The normalized spacial score (nSPS) is 10.8. The van der Waals surface area contributed by atoms with Crippen LogP contribution in [0.5, 0.6) is 0 Å². The van der Waals surface area contributed by atoms with Gasteiger partial charge in [0.25, 0.3) is 0 Å². The molecule has 0 aliphatic carbocycles. The summed E-state index contributed by atoms with van der Waals surface area (Å²) < 4.78 is 0. The molecule has 6 heteroatoms. The summed E-state index contributed by atoms with van der Waals surface area (Å²) in [6.07, 6.45) is 1.18. The SMILES string of the molecule is Cc1ccc(C(=O)CCC(=O)Nc2nnc(CC(C)C)s2)cc1. The van der Waals surface area contributed by atoms with Crippen LogP contribution in [0, 0.1) is 12.8 Å². The minimum atomic E-state index is -0.210. The van der Waals surface area contributed by atoms with Crippen molar-refractivity contribution < 1.29 is 9.59 Å². The van der Waals surface area contributed by atoms with Crippen molar-refractivity contribution in [2.45, 2.75) is 40.0 Å². The third-order valence-corrected chi connectivity index (χ3v) is 4.11. The molecule has 1 heterocycles. The van der Waals surface area contributed by atoms with E-state index < -0.39 is 0 Å². The first-order chi connectivity index (χ1) is 10.9. The Morgan fingerprint density at radius 1 is 1.13 bits per heavy atom. The molecule has 0 aliphatic heterocycles. The summed E-state index contributed by atoms with van der Waals surface area (Å²) in [7, 11) is 0. The minimum Gasteiger partial charge on any atom is -0.301 e. The van der Waals surface area contributed by atoms with E-state index in [9.17, 15) is 9.59 Å². The van der Waals surface area contributed by atoms with E-state index in [1.165, 1.54) is 11.3 Å². The van der Waals surface area contributed by atoms with Crippen molar-refractivity contribution in [2.24, 2.45) is 5.92 Å². The summed E-state index contributed by atoms with van der Waals surface area (Å²) in [6.45, 7) is 6.18. The van der Waals surface area contributed by atoms with Crippen LogP contribution in [0.4, 0.5) is 5.13 Å². The largest absolute Gasteiger partial charge is 0.301 e. The van der Waals surface area contributed by atoms with Gasteiger partial charge in [-0.1, -0.05) is 55.0 Å². The minimum absolute atomic E-state index is 0.0297. The van der Waals surface area contributed by atoms with Gasteiger partial charge in [-0.25, -0.2) is 0 Å². The van der Waals surface area contributed by atoms with Crippen LogP contribution in [0.25, 0.3) is 0 Å². The molecule has 1 amide bonds. The van der Waals surface area contributed by atoms with Crippen molar-refractivity contribution in [3.63, 3.8) is 0 Å². The van der Waals surface area contributed by atoms with E-state index in [1.807, 2.05) is 19.1 Å². The van der Waals surface area contributed by atoms with Gasteiger partial charge in [0.05, 0.1) is 0 Å². The van der Waals surface area contributed by atoms with Crippen molar-refractivity contribution in [1.29, 1.82) is 0 Å². The van der Waals surface area contributed by atoms with Crippen LogP contribution in [0.1, 0.15) is 47.6 Å². The zero-order valence-electron chi connectivity index (χ0n) is 13.6. The standard InChI is InChI=1S/C17H21N3O2S/c1-11(2)10-16-19-20-17(23-16)18-15(22)9-8-14(21)13-6-4-12(3)5-7-13/h4-7,11H,8-10H2,1-3H3,(H,18,20,22). The number of rotatable bonds is 7. The lowest BCUT2D eigenvalue weighted by atomic mass is 10.1. The number of anilines is 1. The highest BCUT2D eigenvalue weighted by molar-refractivity contribution is 7.15. The van der Waals surface area contributed by atoms with Gasteiger partial charge in [-0.15, -0.1) is 10.2 Å². The lowest BCUT2D eigenvalue weighted by Crippen LogP contribution is -2.13. The number of carbonyl (C=O) groups is 2. The van der Waals surface area contributed by atoms with E-state index in [0.29, 0.717) is 16.6 Å². The number of amides is 1. The van der Waals surface area contributed by atoms with Gasteiger partial charge in [-0.3, -0.25) is 9.59 Å². The molecule has 1 aromatic heterocycles. The lowest BCUT2D eigenvalue weighted by Gasteiger charge is -2.02. The summed E-state index contributed by atoms with van der Waals surface area (Å²) in [5.41, 5.74) is 1.74. The number of hydrogen-bond donors (Lipinski definition) is 1. The van der Waals surface area contributed by atoms with E-state index in [1.54, 1.807) is 12.1 Å². The molecule has 2 rings (SSSR count). The number of ketones is 1. The molecule has 1 aromatic carbocycles. The Morgan fingerprint density at radius 3 is 2.48 bits per heavy atom. The average molecular weight is 331 g/mol. The van der Waals surface area contributed by atoms with E-state index in [-0.39, 0.29) is 24.5 Å². The van der Waals surface area contributed by atoms with Gasteiger partial charge >= 0.3 is 0 Å². The van der Waals surface area contributed by atoms with Gasteiger partial charge in [0.1, 0.15) is 5.01 Å². The highest BCUT2D eigenvalue weighted by Gasteiger charge is 2.12. The molecular formula is C17H21N3O2S. The zero-order chi connectivity index (χ0) is 16.8. The molecule has 0 saturated carbocycles. The number of nitrogens with zero attached hydrogens (tertiary/aromatic N) is 2. The number of aromatic nitrogens is 2. The fourth-order valence-corrected chi connectivity index (χ4v) is 3.00. The maximum absolute atomic E-state index is 12.0. The molecule has 0 atom stereocenters. The van der Waals surface area contributed by atoms with Gasteiger partial charge in [0.15, 0.2) is 5.78 Å². The smallest absolute Gasteiger partial charge is 0.226 e. The summed E-state index contributed by atoms with van der Waals surface area (Å²) in [5, 5.41) is 12.1. The van der Waals surface area contributed by atoms with Crippen LogP contribution in [-0.2, 0) is 11.2 Å². The molecular weight excluding hydrogens is 310 g/mol. The fraction of sp³-hybridized carbons (Fsp3) is 0.412. The monoisotopic (exact) mass is 331 g/mol. The summed E-state index contributed by atoms with van der Waals surface area (Å²) >= 11 is 1.38. The van der Waals surface area contributed by atoms with Crippen LogP contribution in [0.2, 0.25) is 0 Å². The Hall–Kier alpha value is -2.08. The van der Waals surface area contributed by atoms with Crippen LogP contribution >= 0.6 is 11.3 Å². The van der Waals surface area contributed by atoms with E-state index in [2.05, 4.69) is 29.4 Å². The lowest BCUT2D eigenvalue weighted by molar-refractivity contribution is -0.116.